The third-order valence-corrected chi connectivity index (χ3v) is 13.4. The third-order valence-electron chi connectivity index (χ3n) is 13.4. The Balaban J connectivity index is 3.42. The molecule has 0 heterocycles. The van der Waals surface area contributed by atoms with Crippen molar-refractivity contribution in [3.05, 3.63) is 36.5 Å². The highest BCUT2D eigenvalue weighted by Crippen LogP contribution is 2.16. The largest absolute Gasteiger partial charge is 0.466 e. The minimum atomic E-state index is -0.666. The molecule has 0 aromatic rings. The van der Waals surface area contributed by atoms with E-state index >= 15 is 0 Å². The lowest BCUT2D eigenvalue weighted by molar-refractivity contribution is -0.143. The maximum absolute atomic E-state index is 12.4. The van der Waals surface area contributed by atoms with Gasteiger partial charge in [-0.1, -0.05) is 249 Å². The molecule has 0 saturated heterocycles. The van der Waals surface area contributed by atoms with Gasteiger partial charge in [0.25, 0.3) is 0 Å². The van der Waals surface area contributed by atoms with E-state index in [1.54, 1.807) is 0 Å². The summed E-state index contributed by atoms with van der Waals surface area (Å²) in [5.74, 6) is -0.0427. The van der Waals surface area contributed by atoms with Crippen molar-refractivity contribution in [3.63, 3.8) is 0 Å². The summed E-state index contributed by atoms with van der Waals surface area (Å²) in [6, 6.07) is -0.544. The molecule has 0 spiro atoms. The molecule has 0 aliphatic heterocycles. The fourth-order valence-electron chi connectivity index (χ4n) is 8.90. The second-order valence-corrected chi connectivity index (χ2v) is 20.0. The predicted molar refractivity (Wildman–Crippen MR) is 287 cm³/mol. The van der Waals surface area contributed by atoms with E-state index in [2.05, 4.69) is 55.6 Å². The maximum atomic E-state index is 12.4. The molecule has 388 valence electrons. The normalized spacial score (nSPS) is 12.8. The minimum Gasteiger partial charge on any atom is -0.466 e. The summed E-state index contributed by atoms with van der Waals surface area (Å²) < 4.78 is 5.47. The van der Waals surface area contributed by atoms with Gasteiger partial charge in [-0.15, -0.1) is 0 Å². The second-order valence-electron chi connectivity index (χ2n) is 20.0. The van der Waals surface area contributed by atoms with Gasteiger partial charge >= 0.3 is 5.97 Å². The van der Waals surface area contributed by atoms with Crippen molar-refractivity contribution < 1.29 is 24.5 Å². The SMILES string of the molecule is CCCCCCC/C=C\CCCCCCCC(=O)OCCCCCCCCCCC/C=C\C/C=C\CCCCCCCCCCCC(=O)NC(CO)C(O)CCCCCCCCCCCC. The monoisotopic (exact) mass is 928 g/mol. The Bertz CT molecular complexity index is 1070. The van der Waals surface area contributed by atoms with Crippen LogP contribution in [0.1, 0.15) is 309 Å². The van der Waals surface area contributed by atoms with E-state index in [9.17, 15) is 19.8 Å². The van der Waals surface area contributed by atoms with Gasteiger partial charge < -0.3 is 20.3 Å². The van der Waals surface area contributed by atoms with Crippen LogP contribution in [0, 0.1) is 0 Å². The Morgan fingerprint density at radius 2 is 0.758 bits per heavy atom. The van der Waals surface area contributed by atoms with E-state index in [0.717, 1.165) is 51.4 Å². The molecule has 6 heteroatoms. The topological polar surface area (TPSA) is 95.9 Å². The number of unbranched alkanes of at least 4 members (excludes halogenated alkanes) is 37. The maximum Gasteiger partial charge on any atom is 0.305 e. The van der Waals surface area contributed by atoms with E-state index in [1.807, 2.05) is 0 Å². The summed E-state index contributed by atoms with van der Waals surface area (Å²) >= 11 is 0. The number of aliphatic hydroxyl groups excluding tert-OH is 2. The van der Waals surface area contributed by atoms with E-state index < -0.39 is 12.1 Å². The average molecular weight is 929 g/mol. The van der Waals surface area contributed by atoms with E-state index in [0.29, 0.717) is 25.9 Å². The van der Waals surface area contributed by atoms with Crippen molar-refractivity contribution in [1.29, 1.82) is 0 Å². The fraction of sp³-hybridized carbons (Fsp3) is 0.867. The minimum absolute atomic E-state index is 0.000127. The Morgan fingerprint density at radius 1 is 0.424 bits per heavy atom. The first-order chi connectivity index (χ1) is 32.5. The van der Waals surface area contributed by atoms with Gasteiger partial charge in [0.15, 0.2) is 0 Å². The zero-order chi connectivity index (χ0) is 47.9. The molecule has 0 bridgehead atoms. The molecule has 66 heavy (non-hydrogen) atoms. The van der Waals surface area contributed by atoms with Crippen LogP contribution in [0.2, 0.25) is 0 Å². The molecule has 0 rings (SSSR count). The summed E-state index contributed by atoms with van der Waals surface area (Å²) in [6.45, 7) is 4.92. The molecular weight excluding hydrogens is 815 g/mol. The Hall–Kier alpha value is -1.92. The van der Waals surface area contributed by atoms with Crippen molar-refractivity contribution in [2.24, 2.45) is 0 Å². The standard InChI is InChI=1S/C60H113NO5/c1-3-5-7-9-11-13-15-16-31-34-38-42-46-50-54-60(65)66-55-51-47-43-39-35-32-29-27-25-23-21-19-17-18-20-22-24-26-28-30-33-37-41-45-49-53-59(64)61-57(56-62)58(63)52-48-44-40-36-14-12-10-8-6-4-2/h15-16,18-21,57-58,62-63H,3-14,17,22-56H2,1-2H3,(H,61,64)/b16-15-,20-18-,21-19-. The van der Waals surface area contributed by atoms with Crippen LogP contribution in [-0.4, -0.2) is 47.4 Å². The highest BCUT2D eigenvalue weighted by molar-refractivity contribution is 5.76. The molecule has 0 aromatic heterocycles. The Morgan fingerprint density at radius 3 is 1.17 bits per heavy atom. The van der Waals surface area contributed by atoms with Gasteiger partial charge in [0.05, 0.1) is 25.4 Å². The molecule has 3 N–H and O–H groups in total. The van der Waals surface area contributed by atoms with Crippen LogP contribution in [0.15, 0.2) is 36.5 Å². The molecular formula is C60H113NO5. The molecule has 1 amide bonds. The summed E-state index contributed by atoms with van der Waals surface area (Å²) in [5.41, 5.74) is 0. The number of amides is 1. The molecule has 0 fully saturated rings. The van der Waals surface area contributed by atoms with Gasteiger partial charge in [0, 0.05) is 12.8 Å². The van der Waals surface area contributed by atoms with Crippen molar-refractivity contribution in [1.82, 2.24) is 5.32 Å². The van der Waals surface area contributed by atoms with Crippen LogP contribution in [0.4, 0.5) is 0 Å². The zero-order valence-corrected chi connectivity index (χ0v) is 44.2. The van der Waals surface area contributed by atoms with Crippen molar-refractivity contribution in [2.75, 3.05) is 13.2 Å². The summed E-state index contributed by atoms with van der Waals surface area (Å²) in [4.78, 5) is 24.4. The number of esters is 1. The van der Waals surface area contributed by atoms with E-state index in [-0.39, 0.29) is 18.5 Å². The summed E-state index contributed by atoms with van der Waals surface area (Å²) in [6.07, 6.45) is 68.6. The van der Waals surface area contributed by atoms with Crippen molar-refractivity contribution in [3.8, 4) is 0 Å². The number of carbonyl (C=O) groups excluding carboxylic acids is 2. The van der Waals surface area contributed by atoms with Crippen LogP contribution in [0.3, 0.4) is 0 Å². The first-order valence-corrected chi connectivity index (χ1v) is 29.2. The number of hydrogen-bond acceptors (Lipinski definition) is 5. The second kappa shape index (κ2) is 55.7. The number of hydrogen-bond donors (Lipinski definition) is 3. The number of aliphatic hydroxyl groups is 2. The van der Waals surface area contributed by atoms with Gasteiger partial charge in [0.2, 0.25) is 5.91 Å². The molecule has 0 aromatic carbocycles. The van der Waals surface area contributed by atoms with Crippen LogP contribution >= 0.6 is 0 Å². The number of nitrogens with one attached hydrogen (secondary N) is 1. The van der Waals surface area contributed by atoms with Crippen LogP contribution in [-0.2, 0) is 14.3 Å². The van der Waals surface area contributed by atoms with Gasteiger partial charge in [-0.05, 0) is 83.5 Å². The number of allylic oxidation sites excluding steroid dienone is 6. The average Bonchev–Trinajstić information content (AvgIpc) is 3.32. The summed E-state index contributed by atoms with van der Waals surface area (Å²) in [5, 5.41) is 23.1. The van der Waals surface area contributed by atoms with Gasteiger partial charge in [-0.3, -0.25) is 9.59 Å². The van der Waals surface area contributed by atoms with Gasteiger partial charge in [-0.25, -0.2) is 0 Å². The van der Waals surface area contributed by atoms with Crippen LogP contribution in [0.25, 0.3) is 0 Å². The number of ether oxygens (including phenoxy) is 1. The molecule has 0 aliphatic carbocycles. The molecule has 0 saturated carbocycles. The van der Waals surface area contributed by atoms with E-state index in [4.69, 9.17) is 4.74 Å². The Kier molecular flexibility index (Phi) is 54.1. The quantitative estimate of drug-likeness (QED) is 0.0321. The number of rotatable bonds is 54. The molecule has 0 aliphatic rings. The van der Waals surface area contributed by atoms with Gasteiger partial charge in [-0.2, -0.15) is 0 Å². The van der Waals surface area contributed by atoms with Crippen molar-refractivity contribution in [2.45, 2.75) is 321 Å². The molecule has 6 nitrogen and oxygen atoms in total. The highest BCUT2D eigenvalue weighted by atomic mass is 16.5. The molecule has 2 atom stereocenters. The lowest BCUT2D eigenvalue weighted by Gasteiger charge is -2.22. The first-order valence-electron chi connectivity index (χ1n) is 29.2. The molecule has 0 radical (unpaired) electrons. The lowest BCUT2D eigenvalue weighted by Crippen LogP contribution is -2.45. The van der Waals surface area contributed by atoms with E-state index in [1.165, 1.54) is 225 Å². The highest BCUT2D eigenvalue weighted by Gasteiger charge is 2.20. The Labute approximate surface area is 411 Å². The summed E-state index contributed by atoms with van der Waals surface area (Å²) in [7, 11) is 0. The van der Waals surface area contributed by atoms with Gasteiger partial charge in [0.1, 0.15) is 0 Å². The molecule has 2 unspecified atom stereocenters. The first kappa shape index (κ1) is 64.1. The third kappa shape index (κ3) is 51.5. The van der Waals surface area contributed by atoms with Crippen LogP contribution in [0.5, 0.6) is 0 Å². The van der Waals surface area contributed by atoms with Crippen molar-refractivity contribution >= 4 is 11.9 Å². The van der Waals surface area contributed by atoms with Crippen LogP contribution < -0.4 is 5.32 Å². The number of carbonyl (C=O) groups is 2. The predicted octanol–water partition coefficient (Wildman–Crippen LogP) is 18.0. The lowest BCUT2D eigenvalue weighted by atomic mass is 10.0. The fourth-order valence-corrected chi connectivity index (χ4v) is 8.90. The zero-order valence-electron chi connectivity index (χ0n) is 44.2. The smallest absolute Gasteiger partial charge is 0.305 e.